The first-order valence-corrected chi connectivity index (χ1v) is 10.9. The Hall–Kier alpha value is -2.95. The monoisotopic (exact) mass is 465 g/mol. The molecular formula is C22H26F3N5O3. The molecule has 2 N–H and O–H groups in total. The summed E-state index contributed by atoms with van der Waals surface area (Å²) in [4.78, 5) is 36.1. The number of hydrogen-bond donors (Lipinski definition) is 1. The van der Waals surface area contributed by atoms with Crippen LogP contribution >= 0.6 is 0 Å². The summed E-state index contributed by atoms with van der Waals surface area (Å²) >= 11 is 0. The molecule has 1 saturated heterocycles. The number of halogens is 3. The minimum atomic E-state index is -4.65. The van der Waals surface area contributed by atoms with Crippen molar-refractivity contribution in [3.8, 4) is 11.6 Å². The van der Waals surface area contributed by atoms with Gasteiger partial charge in [0.2, 0.25) is 11.8 Å². The summed E-state index contributed by atoms with van der Waals surface area (Å²) in [6.45, 7) is 3.01. The first kappa shape index (κ1) is 23.2. The van der Waals surface area contributed by atoms with Crippen molar-refractivity contribution >= 4 is 11.8 Å². The third kappa shape index (κ3) is 5.18. The van der Waals surface area contributed by atoms with E-state index in [2.05, 4.69) is 16.9 Å². The summed E-state index contributed by atoms with van der Waals surface area (Å²) in [5.41, 5.74) is 5.31. The number of amides is 2. The molecule has 4 heterocycles. The number of nitrogens with two attached hydrogens (primary N) is 1. The molecule has 0 aliphatic carbocycles. The van der Waals surface area contributed by atoms with Crippen LogP contribution in [-0.2, 0) is 28.7 Å². The average molecular weight is 465 g/mol. The molecule has 2 aliphatic rings. The number of aromatic nitrogens is 2. The second-order valence-corrected chi connectivity index (χ2v) is 8.77. The zero-order chi connectivity index (χ0) is 23.8. The highest BCUT2D eigenvalue weighted by atomic mass is 19.4. The Morgan fingerprint density at radius 1 is 1.33 bits per heavy atom. The molecule has 0 saturated carbocycles. The van der Waals surface area contributed by atoms with E-state index in [1.165, 1.54) is 23.3 Å². The van der Waals surface area contributed by atoms with Crippen LogP contribution in [0.25, 0.3) is 11.6 Å². The molecule has 1 fully saturated rings. The molecule has 0 aromatic carbocycles. The number of rotatable bonds is 5. The fraction of sp³-hybridized carbons (Fsp3) is 0.545. The number of carbonyl (C=O) groups excluding carboxylic acids is 2. The Kier molecular flexibility index (Phi) is 6.42. The Bertz CT molecular complexity index is 1030. The van der Waals surface area contributed by atoms with Crippen LogP contribution in [0.4, 0.5) is 13.2 Å². The van der Waals surface area contributed by atoms with Gasteiger partial charge in [-0.3, -0.25) is 9.59 Å². The van der Waals surface area contributed by atoms with Gasteiger partial charge in [-0.15, -0.1) is 0 Å². The SMILES string of the molecule is C[C@@H]1CCC(=O)N(C[C@H](N)CC(=O)N2CCc3c(nc(-c4ccco4)nc3C(F)(F)F)C2)C1. The highest BCUT2D eigenvalue weighted by molar-refractivity contribution is 5.78. The van der Waals surface area contributed by atoms with E-state index in [9.17, 15) is 22.8 Å². The van der Waals surface area contributed by atoms with E-state index in [4.69, 9.17) is 10.2 Å². The maximum Gasteiger partial charge on any atom is 0.433 e. The molecule has 178 valence electrons. The lowest BCUT2D eigenvalue weighted by molar-refractivity contribution is -0.142. The minimum absolute atomic E-state index is 0.000874. The summed E-state index contributed by atoms with van der Waals surface area (Å²) in [6.07, 6.45) is -2.01. The fourth-order valence-electron chi connectivity index (χ4n) is 4.37. The van der Waals surface area contributed by atoms with E-state index in [1.807, 2.05) is 0 Å². The van der Waals surface area contributed by atoms with E-state index < -0.39 is 17.9 Å². The molecule has 2 aromatic rings. The van der Waals surface area contributed by atoms with Crippen LogP contribution in [0.5, 0.6) is 0 Å². The van der Waals surface area contributed by atoms with E-state index in [0.29, 0.717) is 18.9 Å². The molecule has 0 unspecified atom stereocenters. The van der Waals surface area contributed by atoms with E-state index in [-0.39, 0.29) is 67.1 Å². The summed E-state index contributed by atoms with van der Waals surface area (Å²) in [6, 6.07) is 2.47. The van der Waals surface area contributed by atoms with Gasteiger partial charge in [0.1, 0.15) is 0 Å². The van der Waals surface area contributed by atoms with Crippen molar-refractivity contribution in [2.24, 2.45) is 11.7 Å². The number of nitrogens with zero attached hydrogens (tertiary/aromatic N) is 4. The third-order valence-corrected chi connectivity index (χ3v) is 6.06. The minimum Gasteiger partial charge on any atom is -0.461 e. The van der Waals surface area contributed by atoms with Crippen molar-refractivity contribution in [1.82, 2.24) is 19.8 Å². The number of alkyl halides is 3. The average Bonchev–Trinajstić information content (AvgIpc) is 3.29. The standard InChI is InChI=1S/C22H26F3N5O3/c1-13-4-5-18(31)30(10-13)11-14(26)9-19(32)29-7-6-15-16(12-29)27-21(17-3-2-8-33-17)28-20(15)22(23,24)25/h2-3,8,13-14H,4-7,9-12,26H2,1H3/t13-,14-/m1/s1. The predicted molar refractivity (Wildman–Crippen MR) is 111 cm³/mol. The quantitative estimate of drug-likeness (QED) is 0.728. The second kappa shape index (κ2) is 9.12. The largest absolute Gasteiger partial charge is 0.461 e. The molecule has 2 aromatic heterocycles. The molecule has 2 atom stereocenters. The van der Waals surface area contributed by atoms with Gasteiger partial charge in [-0.1, -0.05) is 6.92 Å². The van der Waals surface area contributed by atoms with Crippen LogP contribution in [0.1, 0.15) is 43.1 Å². The van der Waals surface area contributed by atoms with Gasteiger partial charge in [-0.05, 0) is 30.9 Å². The van der Waals surface area contributed by atoms with Gasteiger partial charge in [0.15, 0.2) is 17.3 Å². The Morgan fingerprint density at radius 3 is 2.82 bits per heavy atom. The van der Waals surface area contributed by atoms with Crippen molar-refractivity contribution < 1.29 is 27.2 Å². The lowest BCUT2D eigenvalue weighted by Crippen LogP contribution is -2.48. The number of furan rings is 1. The molecule has 0 radical (unpaired) electrons. The van der Waals surface area contributed by atoms with Crippen LogP contribution in [0.2, 0.25) is 0 Å². The molecular weight excluding hydrogens is 439 g/mol. The smallest absolute Gasteiger partial charge is 0.433 e. The number of fused-ring (bicyclic) bond motifs is 1. The Balaban J connectivity index is 1.48. The van der Waals surface area contributed by atoms with Gasteiger partial charge >= 0.3 is 6.18 Å². The molecule has 33 heavy (non-hydrogen) atoms. The second-order valence-electron chi connectivity index (χ2n) is 8.77. The molecule has 11 heteroatoms. The van der Waals surface area contributed by atoms with E-state index in [1.54, 1.807) is 4.90 Å². The number of piperidine rings is 1. The summed E-state index contributed by atoms with van der Waals surface area (Å²) in [5.74, 6) is 0.0844. The summed E-state index contributed by atoms with van der Waals surface area (Å²) < 4.78 is 46.1. The van der Waals surface area contributed by atoms with Crippen LogP contribution in [0, 0.1) is 5.92 Å². The van der Waals surface area contributed by atoms with Gasteiger partial charge < -0.3 is 20.0 Å². The lowest BCUT2D eigenvalue weighted by atomic mass is 9.98. The van der Waals surface area contributed by atoms with Crippen molar-refractivity contribution in [2.45, 2.75) is 51.4 Å². The molecule has 2 aliphatic heterocycles. The van der Waals surface area contributed by atoms with Gasteiger partial charge in [-0.2, -0.15) is 13.2 Å². The van der Waals surface area contributed by atoms with Crippen LogP contribution in [-0.4, -0.2) is 57.3 Å². The van der Waals surface area contributed by atoms with Crippen LogP contribution < -0.4 is 5.73 Å². The van der Waals surface area contributed by atoms with E-state index >= 15 is 0 Å². The normalized spacial score (nSPS) is 20.0. The van der Waals surface area contributed by atoms with Gasteiger partial charge in [0.05, 0.1) is 18.5 Å². The van der Waals surface area contributed by atoms with Crippen molar-refractivity contribution in [1.29, 1.82) is 0 Å². The number of carbonyl (C=O) groups is 2. The Morgan fingerprint density at radius 2 is 2.12 bits per heavy atom. The molecule has 0 spiro atoms. The maximum atomic E-state index is 13.7. The molecule has 4 rings (SSSR count). The molecule has 0 bridgehead atoms. The first-order valence-electron chi connectivity index (χ1n) is 10.9. The first-order chi connectivity index (χ1) is 15.6. The van der Waals surface area contributed by atoms with Gasteiger partial charge in [0.25, 0.3) is 0 Å². The summed E-state index contributed by atoms with van der Waals surface area (Å²) in [7, 11) is 0. The highest BCUT2D eigenvalue weighted by Crippen LogP contribution is 2.35. The predicted octanol–water partition coefficient (Wildman–Crippen LogP) is 2.62. The summed E-state index contributed by atoms with van der Waals surface area (Å²) in [5, 5.41) is 0. The fourth-order valence-corrected chi connectivity index (χ4v) is 4.37. The Labute approximate surface area is 188 Å². The number of likely N-dealkylation sites (tertiary alicyclic amines) is 1. The lowest BCUT2D eigenvalue weighted by Gasteiger charge is -2.34. The zero-order valence-electron chi connectivity index (χ0n) is 18.3. The zero-order valence-corrected chi connectivity index (χ0v) is 18.3. The van der Waals surface area contributed by atoms with Crippen molar-refractivity contribution in [3.63, 3.8) is 0 Å². The van der Waals surface area contributed by atoms with Gasteiger partial charge in [-0.25, -0.2) is 9.97 Å². The van der Waals surface area contributed by atoms with Crippen molar-refractivity contribution in [3.05, 3.63) is 35.3 Å². The van der Waals surface area contributed by atoms with E-state index in [0.717, 1.165) is 6.42 Å². The maximum absolute atomic E-state index is 13.7. The van der Waals surface area contributed by atoms with Crippen LogP contribution in [0.3, 0.4) is 0 Å². The van der Waals surface area contributed by atoms with Gasteiger partial charge in [0, 0.05) is 44.1 Å². The molecule has 8 nitrogen and oxygen atoms in total. The molecule has 2 amide bonds. The third-order valence-electron chi connectivity index (χ3n) is 6.06. The topological polar surface area (TPSA) is 106 Å². The highest BCUT2D eigenvalue weighted by Gasteiger charge is 2.39. The number of hydrogen-bond acceptors (Lipinski definition) is 6. The van der Waals surface area contributed by atoms with Crippen molar-refractivity contribution in [2.75, 3.05) is 19.6 Å². The van der Waals surface area contributed by atoms with Crippen LogP contribution in [0.15, 0.2) is 22.8 Å².